The van der Waals surface area contributed by atoms with Crippen molar-refractivity contribution in [2.24, 2.45) is 0 Å². The normalized spacial score (nSPS) is 25.2. The number of carbonyl (C=O) groups is 2. The molecule has 1 fully saturated rings. The highest BCUT2D eigenvalue weighted by Gasteiger charge is 2.35. The van der Waals surface area contributed by atoms with Gasteiger partial charge < -0.3 is 10.1 Å². The summed E-state index contributed by atoms with van der Waals surface area (Å²) >= 11 is 0. The van der Waals surface area contributed by atoms with Gasteiger partial charge in [-0.1, -0.05) is 36.4 Å². The molecular formula is C24H22N2O4. The monoisotopic (exact) mass is 402 g/mol. The van der Waals surface area contributed by atoms with Gasteiger partial charge in [0.1, 0.15) is 0 Å². The zero-order chi connectivity index (χ0) is 20.7. The molecule has 30 heavy (non-hydrogen) atoms. The topological polar surface area (TPSA) is 67.9 Å². The lowest BCUT2D eigenvalue weighted by Crippen LogP contribution is -2.26. The van der Waals surface area contributed by atoms with Gasteiger partial charge in [-0.05, 0) is 44.1 Å². The van der Waals surface area contributed by atoms with Crippen LogP contribution in [0, 0.1) is 0 Å². The summed E-state index contributed by atoms with van der Waals surface area (Å²) in [6, 6.07) is 15.2. The van der Waals surface area contributed by atoms with Gasteiger partial charge in [0.2, 0.25) is 0 Å². The number of fused-ring (bicyclic) bond motifs is 2. The molecule has 0 saturated carbocycles. The Bertz CT molecular complexity index is 1090. The average molecular weight is 402 g/mol. The van der Waals surface area contributed by atoms with Gasteiger partial charge in [-0.15, -0.1) is 0 Å². The van der Waals surface area contributed by atoms with E-state index in [1.165, 1.54) is 5.06 Å². The van der Waals surface area contributed by atoms with Crippen LogP contribution >= 0.6 is 0 Å². The van der Waals surface area contributed by atoms with Gasteiger partial charge in [-0.3, -0.25) is 14.4 Å². The first-order valence-electron chi connectivity index (χ1n) is 10.2. The zero-order valence-corrected chi connectivity index (χ0v) is 16.6. The highest BCUT2D eigenvalue weighted by atomic mass is 16.7. The number of ether oxygens (including phenoxy) is 1. The molecule has 3 aliphatic rings. The predicted molar refractivity (Wildman–Crippen MR) is 114 cm³/mol. The van der Waals surface area contributed by atoms with Crippen LogP contribution in [0.1, 0.15) is 30.9 Å². The summed E-state index contributed by atoms with van der Waals surface area (Å²) in [7, 11) is 0. The lowest BCUT2D eigenvalue weighted by molar-refractivity contribution is -0.119. The van der Waals surface area contributed by atoms with Gasteiger partial charge in [-0.2, -0.15) is 5.06 Å². The Balaban J connectivity index is 1.38. The lowest BCUT2D eigenvalue weighted by atomic mass is 10.0. The van der Waals surface area contributed by atoms with Crippen molar-refractivity contribution in [3.05, 3.63) is 71.8 Å². The van der Waals surface area contributed by atoms with Crippen molar-refractivity contribution in [3.63, 3.8) is 0 Å². The van der Waals surface area contributed by atoms with Crippen LogP contribution in [0.5, 0.6) is 0 Å². The third kappa shape index (κ3) is 3.14. The Morgan fingerprint density at radius 2 is 1.67 bits per heavy atom. The molecule has 2 aromatic carbocycles. The third-order valence-corrected chi connectivity index (χ3v) is 5.59. The molecule has 0 aliphatic carbocycles. The second-order valence-corrected chi connectivity index (χ2v) is 7.49. The fraction of sp³-hybridized carbons (Fsp3) is 0.250. The largest absolute Gasteiger partial charge is 0.367 e. The second kappa shape index (κ2) is 7.55. The SMILES string of the molecule is CCON1C(=O)C(=CC2CCC(C=C3C(=O)Nc4ccccc43)O2)c2ccccc21. The number of anilines is 2. The van der Waals surface area contributed by atoms with Crippen LogP contribution in [0.4, 0.5) is 11.4 Å². The molecular weight excluding hydrogens is 380 g/mol. The van der Waals surface area contributed by atoms with E-state index in [4.69, 9.17) is 9.57 Å². The van der Waals surface area contributed by atoms with Crippen molar-refractivity contribution >= 4 is 34.3 Å². The lowest BCUT2D eigenvalue weighted by Gasteiger charge is -2.14. The summed E-state index contributed by atoms with van der Waals surface area (Å²) in [5, 5.41) is 4.24. The third-order valence-electron chi connectivity index (χ3n) is 5.59. The van der Waals surface area contributed by atoms with Crippen molar-refractivity contribution in [3.8, 4) is 0 Å². The molecule has 6 heteroatoms. The minimum absolute atomic E-state index is 0.103. The number of hydrogen-bond acceptors (Lipinski definition) is 4. The summed E-state index contributed by atoms with van der Waals surface area (Å²) in [5.74, 6) is -0.276. The quantitative estimate of drug-likeness (QED) is 0.787. The maximum Gasteiger partial charge on any atom is 0.282 e. The highest BCUT2D eigenvalue weighted by Crippen LogP contribution is 2.39. The van der Waals surface area contributed by atoms with Gasteiger partial charge in [0.25, 0.3) is 11.8 Å². The van der Waals surface area contributed by atoms with E-state index in [9.17, 15) is 9.59 Å². The minimum atomic E-state index is -0.194. The van der Waals surface area contributed by atoms with E-state index in [0.717, 1.165) is 35.3 Å². The number of rotatable bonds is 4. The number of amides is 2. The number of hydroxylamine groups is 1. The standard InChI is InChI=1S/C24H22N2O4/c1-2-29-26-22-10-6-4-8-18(22)20(24(26)28)14-16-12-11-15(30-16)13-19-17-7-3-5-9-21(17)25-23(19)27/h3-10,13-16H,2,11-12H2,1H3,(H,25,27). The molecule has 152 valence electrons. The molecule has 3 aliphatic heterocycles. The molecule has 0 bridgehead atoms. The first-order valence-corrected chi connectivity index (χ1v) is 10.2. The Labute approximate surface area is 174 Å². The van der Waals surface area contributed by atoms with Crippen LogP contribution in [0.25, 0.3) is 11.1 Å². The Morgan fingerprint density at radius 3 is 2.43 bits per heavy atom. The van der Waals surface area contributed by atoms with Crippen LogP contribution in [-0.2, 0) is 19.2 Å². The smallest absolute Gasteiger partial charge is 0.282 e. The van der Waals surface area contributed by atoms with Gasteiger partial charge in [0.05, 0.1) is 30.1 Å². The fourth-order valence-electron chi connectivity index (χ4n) is 4.24. The summed E-state index contributed by atoms with van der Waals surface area (Å²) < 4.78 is 6.16. The van der Waals surface area contributed by atoms with Crippen molar-refractivity contribution in [2.45, 2.75) is 32.0 Å². The molecule has 6 nitrogen and oxygen atoms in total. The van der Waals surface area contributed by atoms with Crippen LogP contribution in [-0.4, -0.2) is 30.6 Å². The first kappa shape index (κ1) is 18.8. The second-order valence-electron chi connectivity index (χ2n) is 7.49. The van der Waals surface area contributed by atoms with Crippen LogP contribution < -0.4 is 10.4 Å². The van der Waals surface area contributed by atoms with E-state index in [0.29, 0.717) is 17.8 Å². The van der Waals surface area contributed by atoms with Gasteiger partial charge in [0.15, 0.2) is 0 Å². The number of para-hydroxylation sites is 2. The predicted octanol–water partition coefficient (Wildman–Crippen LogP) is 3.95. The molecule has 2 unspecified atom stereocenters. The maximum absolute atomic E-state index is 12.9. The van der Waals surface area contributed by atoms with E-state index in [-0.39, 0.29) is 24.0 Å². The van der Waals surface area contributed by atoms with Gasteiger partial charge >= 0.3 is 0 Å². The first-order chi connectivity index (χ1) is 14.7. The van der Waals surface area contributed by atoms with Crippen LogP contribution in [0.2, 0.25) is 0 Å². The number of carbonyl (C=O) groups excluding carboxylic acids is 2. The van der Waals surface area contributed by atoms with Crippen LogP contribution in [0.15, 0.2) is 60.7 Å². The fourth-order valence-corrected chi connectivity index (χ4v) is 4.24. The van der Waals surface area contributed by atoms with E-state index in [2.05, 4.69) is 5.32 Å². The van der Waals surface area contributed by atoms with Gasteiger partial charge in [0, 0.05) is 22.4 Å². The molecule has 5 rings (SSSR count). The van der Waals surface area contributed by atoms with E-state index in [1.54, 1.807) is 0 Å². The molecule has 2 atom stereocenters. The highest BCUT2D eigenvalue weighted by molar-refractivity contribution is 6.32. The molecule has 1 N–H and O–H groups in total. The van der Waals surface area contributed by atoms with Crippen molar-refractivity contribution < 1.29 is 19.2 Å². The van der Waals surface area contributed by atoms with Crippen molar-refractivity contribution in [2.75, 3.05) is 17.0 Å². The zero-order valence-electron chi connectivity index (χ0n) is 16.6. The Kier molecular flexibility index (Phi) is 4.73. The molecule has 2 amide bonds. The van der Waals surface area contributed by atoms with Crippen molar-refractivity contribution in [1.29, 1.82) is 0 Å². The molecule has 2 aromatic rings. The van der Waals surface area contributed by atoms with E-state index in [1.807, 2.05) is 67.6 Å². The summed E-state index contributed by atoms with van der Waals surface area (Å²) in [5.41, 5.74) is 4.58. The van der Waals surface area contributed by atoms with Crippen LogP contribution in [0.3, 0.4) is 0 Å². The van der Waals surface area contributed by atoms with E-state index >= 15 is 0 Å². The summed E-state index contributed by atoms with van der Waals surface area (Å²) in [6.45, 7) is 2.26. The number of benzene rings is 2. The summed E-state index contributed by atoms with van der Waals surface area (Å²) in [6.07, 6.45) is 5.00. The number of nitrogens with one attached hydrogen (secondary N) is 1. The molecule has 3 heterocycles. The Hall–Kier alpha value is -3.22. The Morgan fingerprint density at radius 1 is 1.00 bits per heavy atom. The van der Waals surface area contributed by atoms with Crippen molar-refractivity contribution in [1.82, 2.24) is 0 Å². The van der Waals surface area contributed by atoms with Gasteiger partial charge in [-0.25, -0.2) is 0 Å². The maximum atomic E-state index is 12.9. The molecule has 1 saturated heterocycles. The number of hydrogen-bond donors (Lipinski definition) is 1. The molecule has 0 spiro atoms. The average Bonchev–Trinajstić information content (AvgIpc) is 3.41. The molecule has 0 aromatic heterocycles. The summed E-state index contributed by atoms with van der Waals surface area (Å²) in [4.78, 5) is 30.8. The number of nitrogens with zero attached hydrogens (tertiary/aromatic N) is 1. The minimum Gasteiger partial charge on any atom is -0.367 e. The molecule has 0 radical (unpaired) electrons. The van der Waals surface area contributed by atoms with E-state index < -0.39 is 0 Å².